The highest BCUT2D eigenvalue weighted by atomic mass is 35.5. The molecule has 8 heteroatoms. The van der Waals surface area contributed by atoms with Gasteiger partial charge in [-0.05, 0) is 49.7 Å². The first-order chi connectivity index (χ1) is 13.2. The number of benzene rings is 2. The lowest BCUT2D eigenvalue weighted by molar-refractivity contribution is -0.137. The Kier molecular flexibility index (Phi) is 6.89. The maximum atomic E-state index is 13.2. The van der Waals surface area contributed by atoms with Crippen molar-refractivity contribution in [1.29, 1.82) is 5.41 Å². The second-order valence-electron chi connectivity index (χ2n) is 5.98. The molecule has 0 unspecified atom stereocenters. The number of hydrogen-bond acceptors (Lipinski definition) is 6. The number of rotatable bonds is 7. The molecule has 0 saturated carbocycles. The average Bonchev–Trinajstić information content (AvgIpc) is 2.62. The number of carbonyl (C=O) groups is 2. The number of anilines is 1. The van der Waals surface area contributed by atoms with Gasteiger partial charge in [-0.15, -0.1) is 0 Å². The minimum Gasteiger partial charge on any atom is -0.454 e. The van der Waals surface area contributed by atoms with Gasteiger partial charge in [0.25, 0.3) is 0 Å². The Hall–Kier alpha value is -3.19. The van der Waals surface area contributed by atoms with Crippen LogP contribution in [0.5, 0.6) is 0 Å². The average molecular weight is 404 g/mol. The molecule has 0 bridgehead atoms. The van der Waals surface area contributed by atoms with E-state index in [-0.39, 0.29) is 27.7 Å². The van der Waals surface area contributed by atoms with Crippen LogP contribution in [0.1, 0.15) is 22.8 Å². The van der Waals surface area contributed by atoms with Crippen molar-refractivity contribution in [3.05, 3.63) is 75.8 Å². The predicted molar refractivity (Wildman–Crippen MR) is 106 cm³/mol. The monoisotopic (exact) mass is 403 g/mol. The highest BCUT2D eigenvalue weighted by molar-refractivity contribution is 6.34. The van der Waals surface area contributed by atoms with Gasteiger partial charge in [0.05, 0.1) is 5.02 Å². The molecule has 2 rings (SSSR count). The van der Waals surface area contributed by atoms with Crippen molar-refractivity contribution < 1.29 is 18.7 Å². The first kappa shape index (κ1) is 21.1. The molecule has 0 aliphatic heterocycles. The molecule has 4 N–H and O–H groups in total. The Morgan fingerprint density at radius 3 is 2.54 bits per heavy atom. The van der Waals surface area contributed by atoms with Gasteiger partial charge in [-0.2, -0.15) is 0 Å². The Bertz CT molecular complexity index is 973. The highest BCUT2D eigenvalue weighted by Crippen LogP contribution is 2.19. The molecule has 0 aliphatic carbocycles. The fourth-order valence-electron chi connectivity index (χ4n) is 2.41. The number of ether oxygens (including phenoxy) is 1. The Morgan fingerprint density at radius 1 is 1.25 bits per heavy atom. The third-order valence-corrected chi connectivity index (χ3v) is 4.14. The summed E-state index contributed by atoms with van der Waals surface area (Å²) in [6.07, 6.45) is 0. The molecule has 146 valence electrons. The van der Waals surface area contributed by atoms with Crippen molar-refractivity contribution >= 4 is 34.8 Å². The number of esters is 1. The summed E-state index contributed by atoms with van der Waals surface area (Å²) in [5.41, 5.74) is 6.80. The topological polar surface area (TPSA) is 105 Å². The number of nitrogens with one attached hydrogen (secondary N) is 2. The maximum Gasteiger partial charge on any atom is 0.344 e. The van der Waals surface area contributed by atoms with Gasteiger partial charge in [-0.1, -0.05) is 23.7 Å². The van der Waals surface area contributed by atoms with E-state index in [9.17, 15) is 14.0 Å². The van der Waals surface area contributed by atoms with Crippen LogP contribution in [0.25, 0.3) is 0 Å². The molecule has 0 heterocycles. The molecule has 0 atom stereocenters. The lowest BCUT2D eigenvalue weighted by atomic mass is 10.1. The molecular weight excluding hydrogens is 385 g/mol. The zero-order valence-electron chi connectivity index (χ0n) is 15.3. The van der Waals surface area contributed by atoms with Crippen molar-refractivity contribution in [2.45, 2.75) is 13.8 Å². The Morgan fingerprint density at radius 2 is 1.93 bits per heavy atom. The third-order valence-electron chi connectivity index (χ3n) is 3.81. The van der Waals surface area contributed by atoms with Gasteiger partial charge < -0.3 is 21.2 Å². The third kappa shape index (κ3) is 5.17. The van der Waals surface area contributed by atoms with Crippen molar-refractivity contribution in [3.63, 3.8) is 0 Å². The molecule has 0 aromatic heterocycles. The van der Waals surface area contributed by atoms with Gasteiger partial charge in [0.15, 0.2) is 6.61 Å². The zero-order valence-corrected chi connectivity index (χ0v) is 16.1. The van der Waals surface area contributed by atoms with E-state index in [2.05, 4.69) is 5.32 Å². The first-order valence-electron chi connectivity index (χ1n) is 8.24. The number of ketones is 1. The molecule has 0 spiro atoms. The quantitative estimate of drug-likeness (QED) is 0.282. The van der Waals surface area contributed by atoms with E-state index < -0.39 is 24.2 Å². The molecule has 0 saturated heterocycles. The Labute approximate surface area is 166 Å². The molecule has 0 radical (unpaired) electrons. The van der Waals surface area contributed by atoms with E-state index in [4.69, 9.17) is 27.5 Å². The van der Waals surface area contributed by atoms with Crippen molar-refractivity contribution in [3.8, 4) is 0 Å². The van der Waals surface area contributed by atoms with Gasteiger partial charge in [-0.3, -0.25) is 4.79 Å². The van der Waals surface area contributed by atoms with Crippen molar-refractivity contribution in [1.82, 2.24) is 0 Å². The summed E-state index contributed by atoms with van der Waals surface area (Å²) in [6, 6.07) is 10.4. The van der Waals surface area contributed by atoms with Gasteiger partial charge >= 0.3 is 5.97 Å². The number of aryl methyl sites for hydroxylation is 1. The summed E-state index contributed by atoms with van der Waals surface area (Å²) in [7, 11) is 0. The van der Waals surface area contributed by atoms with Crippen LogP contribution in [-0.4, -0.2) is 24.1 Å². The lowest BCUT2D eigenvalue weighted by Gasteiger charge is -2.14. The fourth-order valence-corrected chi connectivity index (χ4v) is 2.65. The number of Topliss-reactive ketones (excluding diaryl/α,β-unsaturated/α-hetero) is 1. The molecule has 0 fully saturated rings. The molecule has 6 nitrogen and oxygen atoms in total. The maximum absolute atomic E-state index is 13.2. The van der Waals surface area contributed by atoms with Crippen LogP contribution < -0.4 is 11.1 Å². The van der Waals surface area contributed by atoms with Crippen LogP contribution in [0.4, 0.5) is 10.1 Å². The van der Waals surface area contributed by atoms with Crippen LogP contribution >= 0.6 is 11.6 Å². The van der Waals surface area contributed by atoms with Gasteiger partial charge in [-0.25, -0.2) is 9.18 Å². The summed E-state index contributed by atoms with van der Waals surface area (Å²) >= 11 is 5.95. The van der Waals surface area contributed by atoms with E-state index >= 15 is 0 Å². The molecule has 2 aromatic carbocycles. The van der Waals surface area contributed by atoms with Gasteiger partial charge in [0.2, 0.25) is 5.78 Å². The van der Waals surface area contributed by atoms with Crippen molar-refractivity contribution in [2.75, 3.05) is 11.9 Å². The normalized spacial score (nSPS) is 11.4. The highest BCUT2D eigenvalue weighted by Gasteiger charge is 2.21. The number of nitrogens with two attached hydrogens (primary N) is 1. The van der Waals surface area contributed by atoms with Crippen LogP contribution in [0.15, 0.2) is 53.9 Å². The SMILES string of the molecule is CC(=N)/C(C(=O)OCC(=O)c1ccccc1Cl)=C(/N)Nc1ccc(F)cc1C. The smallest absolute Gasteiger partial charge is 0.344 e. The van der Waals surface area contributed by atoms with Gasteiger partial charge in [0.1, 0.15) is 17.2 Å². The second kappa shape index (κ2) is 9.14. The second-order valence-corrected chi connectivity index (χ2v) is 6.38. The van der Waals surface area contributed by atoms with E-state index in [1.165, 1.54) is 31.2 Å². The largest absolute Gasteiger partial charge is 0.454 e. The lowest BCUT2D eigenvalue weighted by Crippen LogP contribution is -2.25. The molecule has 0 aliphatic rings. The standard InChI is InChI=1S/C20H19ClFN3O3/c1-11-9-13(22)7-8-16(11)25-19(24)18(12(2)23)20(27)28-10-17(26)14-5-3-4-6-15(14)21/h3-9,23,25H,10,24H2,1-2H3/b19-18+,23-12?. The van der Waals surface area contributed by atoms with E-state index in [0.717, 1.165) is 0 Å². The molecule has 28 heavy (non-hydrogen) atoms. The predicted octanol–water partition coefficient (Wildman–Crippen LogP) is 3.84. The summed E-state index contributed by atoms with van der Waals surface area (Å²) in [5, 5.41) is 10.8. The van der Waals surface area contributed by atoms with Crippen molar-refractivity contribution in [2.24, 2.45) is 5.73 Å². The minimum absolute atomic E-state index is 0.141. The zero-order chi connectivity index (χ0) is 20.8. The summed E-state index contributed by atoms with van der Waals surface area (Å²) in [4.78, 5) is 24.6. The fraction of sp³-hybridized carbons (Fsp3) is 0.150. The number of carbonyl (C=O) groups excluding carboxylic acids is 2. The molecule has 2 aromatic rings. The Balaban J connectivity index is 2.16. The van der Waals surface area contributed by atoms with Crippen LogP contribution in [0.2, 0.25) is 5.02 Å². The summed E-state index contributed by atoms with van der Waals surface area (Å²) < 4.78 is 18.2. The van der Waals surface area contributed by atoms with E-state index in [1.54, 1.807) is 25.1 Å². The first-order valence-corrected chi connectivity index (χ1v) is 8.61. The van der Waals surface area contributed by atoms with Gasteiger partial charge in [0, 0.05) is 17.0 Å². The summed E-state index contributed by atoms with van der Waals surface area (Å²) in [5.74, 6) is -1.97. The van der Waals surface area contributed by atoms with E-state index in [1.807, 2.05) is 0 Å². The molecular formula is C20H19ClFN3O3. The number of hydrogen-bond donors (Lipinski definition) is 3. The van der Waals surface area contributed by atoms with Crippen LogP contribution in [-0.2, 0) is 9.53 Å². The van der Waals surface area contributed by atoms with Crippen LogP contribution in [0.3, 0.4) is 0 Å². The van der Waals surface area contributed by atoms with E-state index in [0.29, 0.717) is 11.3 Å². The number of halogens is 2. The minimum atomic E-state index is -0.933. The van der Waals surface area contributed by atoms with Crippen LogP contribution in [0, 0.1) is 18.2 Å². The molecule has 0 amide bonds. The summed E-state index contributed by atoms with van der Waals surface area (Å²) in [6.45, 7) is 2.47.